The quantitative estimate of drug-likeness (QED) is 0.576. The predicted octanol–water partition coefficient (Wildman–Crippen LogP) is 4.44. The minimum Gasteiger partial charge on any atom is -0.331 e. The molecule has 1 heterocycles. The SMILES string of the molecule is Cc1nn(-c2ccccc2)c(Cl)c1/C=N/NC(=O)NC12CC3CC(CC(C3)C1)C2. The number of urea groups is 1. The standard InChI is InChI=1S/C22H26ClN5O/c1-14-19(20(23)28(27-14)18-5-3-2-4-6-18)13-24-26-21(29)25-22-10-15-7-16(11-22)9-17(8-15)12-22/h2-6,13,15-17H,7-12H2,1H3,(H2,25,26,29)/b24-13+. The summed E-state index contributed by atoms with van der Waals surface area (Å²) in [7, 11) is 0. The van der Waals surface area contributed by atoms with Crippen LogP contribution in [0.1, 0.15) is 49.8 Å². The van der Waals surface area contributed by atoms with Gasteiger partial charge in [-0.15, -0.1) is 0 Å². The van der Waals surface area contributed by atoms with Crippen LogP contribution in [0.4, 0.5) is 4.79 Å². The summed E-state index contributed by atoms with van der Waals surface area (Å²) >= 11 is 6.51. The Morgan fingerprint density at radius 3 is 2.41 bits per heavy atom. The first-order valence-electron chi connectivity index (χ1n) is 10.4. The maximum Gasteiger partial charge on any atom is 0.335 e. The first kappa shape index (κ1) is 18.7. The molecule has 4 bridgehead atoms. The Balaban J connectivity index is 1.25. The number of aryl methyl sites for hydroxylation is 1. The molecule has 6 rings (SSSR count). The molecular weight excluding hydrogens is 386 g/mol. The highest BCUT2D eigenvalue weighted by molar-refractivity contribution is 6.32. The van der Waals surface area contributed by atoms with E-state index in [0.717, 1.165) is 48.4 Å². The number of hydrazone groups is 1. The summed E-state index contributed by atoms with van der Waals surface area (Å²) in [4.78, 5) is 12.5. The molecular formula is C22H26ClN5O. The second-order valence-corrected chi connectivity index (χ2v) is 9.42. The molecule has 4 aliphatic carbocycles. The fraction of sp³-hybridized carbons (Fsp3) is 0.500. The van der Waals surface area contributed by atoms with E-state index in [2.05, 4.69) is 20.9 Å². The van der Waals surface area contributed by atoms with Crippen LogP contribution in [0.15, 0.2) is 35.4 Å². The molecule has 0 spiro atoms. The summed E-state index contributed by atoms with van der Waals surface area (Å²) in [6.45, 7) is 1.88. The molecule has 7 heteroatoms. The zero-order valence-corrected chi connectivity index (χ0v) is 17.3. The van der Waals surface area contributed by atoms with Gasteiger partial charge >= 0.3 is 6.03 Å². The first-order chi connectivity index (χ1) is 14.0. The average Bonchev–Trinajstić information content (AvgIpc) is 2.95. The summed E-state index contributed by atoms with van der Waals surface area (Å²) in [6.07, 6.45) is 8.97. The first-order valence-corrected chi connectivity index (χ1v) is 10.8. The van der Waals surface area contributed by atoms with Crippen molar-refractivity contribution in [2.75, 3.05) is 0 Å². The Kier molecular flexibility index (Phi) is 4.62. The summed E-state index contributed by atoms with van der Waals surface area (Å²) in [5.41, 5.74) is 4.94. The van der Waals surface area contributed by atoms with Gasteiger partial charge in [-0.2, -0.15) is 10.2 Å². The van der Waals surface area contributed by atoms with Crippen molar-refractivity contribution in [2.45, 2.75) is 51.0 Å². The maximum absolute atomic E-state index is 12.5. The minimum atomic E-state index is -0.229. The summed E-state index contributed by atoms with van der Waals surface area (Å²) < 4.78 is 1.67. The summed E-state index contributed by atoms with van der Waals surface area (Å²) in [5.74, 6) is 2.36. The van der Waals surface area contributed by atoms with Gasteiger partial charge in [0.05, 0.1) is 23.2 Å². The van der Waals surface area contributed by atoms with E-state index in [1.54, 1.807) is 10.9 Å². The summed E-state index contributed by atoms with van der Waals surface area (Å²) in [5, 5.41) is 12.4. The third-order valence-corrected chi connectivity index (χ3v) is 7.19. The number of hydrogen-bond acceptors (Lipinski definition) is 3. The molecule has 0 radical (unpaired) electrons. The number of hydrogen-bond donors (Lipinski definition) is 2. The lowest BCUT2D eigenvalue weighted by Gasteiger charge is -2.56. The number of nitrogens with zero attached hydrogens (tertiary/aromatic N) is 3. The third-order valence-electron chi connectivity index (χ3n) is 6.83. The van der Waals surface area contributed by atoms with E-state index in [9.17, 15) is 4.79 Å². The van der Waals surface area contributed by atoms with Gasteiger partial charge in [-0.3, -0.25) is 0 Å². The number of nitrogens with one attached hydrogen (secondary N) is 2. The van der Waals surface area contributed by atoms with Crippen molar-refractivity contribution in [2.24, 2.45) is 22.9 Å². The van der Waals surface area contributed by atoms with E-state index in [-0.39, 0.29) is 11.6 Å². The topological polar surface area (TPSA) is 71.3 Å². The monoisotopic (exact) mass is 411 g/mol. The smallest absolute Gasteiger partial charge is 0.331 e. The van der Waals surface area contributed by atoms with E-state index >= 15 is 0 Å². The van der Waals surface area contributed by atoms with Crippen molar-refractivity contribution in [1.29, 1.82) is 0 Å². The molecule has 2 aromatic rings. The Morgan fingerprint density at radius 1 is 1.17 bits per heavy atom. The van der Waals surface area contributed by atoms with Gasteiger partial charge in [0.15, 0.2) is 0 Å². The van der Waals surface area contributed by atoms with Crippen LogP contribution < -0.4 is 10.7 Å². The van der Waals surface area contributed by atoms with Gasteiger partial charge in [-0.25, -0.2) is 14.9 Å². The molecule has 2 amide bonds. The van der Waals surface area contributed by atoms with Crippen molar-refractivity contribution in [3.05, 3.63) is 46.7 Å². The lowest BCUT2D eigenvalue weighted by molar-refractivity contribution is -0.0135. The van der Waals surface area contributed by atoms with Crippen molar-refractivity contribution in [3.8, 4) is 5.69 Å². The number of amides is 2. The van der Waals surface area contributed by atoms with Crippen LogP contribution in [-0.2, 0) is 0 Å². The molecule has 0 saturated heterocycles. The van der Waals surface area contributed by atoms with Crippen LogP contribution >= 0.6 is 11.6 Å². The van der Waals surface area contributed by atoms with Crippen molar-refractivity contribution in [1.82, 2.24) is 20.5 Å². The summed E-state index contributed by atoms with van der Waals surface area (Å²) in [6, 6.07) is 9.47. The van der Waals surface area contributed by atoms with Crippen LogP contribution in [-0.4, -0.2) is 27.6 Å². The van der Waals surface area contributed by atoms with Crippen molar-refractivity contribution >= 4 is 23.8 Å². The number of aromatic nitrogens is 2. The molecule has 0 aliphatic heterocycles. The van der Waals surface area contributed by atoms with E-state index < -0.39 is 0 Å². The highest BCUT2D eigenvalue weighted by atomic mass is 35.5. The fourth-order valence-electron chi connectivity index (χ4n) is 6.09. The van der Waals surface area contributed by atoms with E-state index in [1.807, 2.05) is 37.3 Å². The largest absolute Gasteiger partial charge is 0.335 e. The Morgan fingerprint density at radius 2 is 1.79 bits per heavy atom. The van der Waals surface area contributed by atoms with Crippen LogP contribution in [0.3, 0.4) is 0 Å². The number of halogens is 1. The van der Waals surface area contributed by atoms with Crippen LogP contribution in [0.25, 0.3) is 5.69 Å². The van der Waals surface area contributed by atoms with Gasteiger partial charge in [0.1, 0.15) is 5.15 Å². The second-order valence-electron chi connectivity index (χ2n) is 9.06. The molecule has 0 atom stereocenters. The van der Waals surface area contributed by atoms with Crippen molar-refractivity contribution in [3.63, 3.8) is 0 Å². The lowest BCUT2D eigenvalue weighted by Crippen LogP contribution is -2.61. The average molecular weight is 412 g/mol. The molecule has 4 fully saturated rings. The molecule has 4 aliphatic rings. The van der Waals surface area contributed by atoms with Crippen LogP contribution in [0.2, 0.25) is 5.15 Å². The van der Waals surface area contributed by atoms with Gasteiger partial charge in [-0.1, -0.05) is 29.8 Å². The highest BCUT2D eigenvalue weighted by Gasteiger charge is 2.51. The molecule has 1 aromatic heterocycles. The van der Waals surface area contributed by atoms with Crippen LogP contribution in [0.5, 0.6) is 0 Å². The molecule has 6 nitrogen and oxygen atoms in total. The van der Waals surface area contributed by atoms with E-state index in [4.69, 9.17) is 11.6 Å². The molecule has 152 valence electrons. The maximum atomic E-state index is 12.5. The number of benzene rings is 1. The van der Waals surface area contributed by atoms with Gasteiger partial charge in [0, 0.05) is 5.54 Å². The molecule has 2 N–H and O–H groups in total. The molecule has 4 saturated carbocycles. The minimum absolute atomic E-state index is 0.0277. The predicted molar refractivity (Wildman–Crippen MR) is 113 cm³/mol. The second kappa shape index (κ2) is 7.17. The normalized spacial score (nSPS) is 30.1. The Labute approximate surface area is 175 Å². The van der Waals surface area contributed by atoms with E-state index in [1.165, 1.54) is 19.3 Å². The number of rotatable bonds is 4. The van der Waals surface area contributed by atoms with Gasteiger partial charge in [0.2, 0.25) is 0 Å². The Bertz CT molecular complexity index is 916. The van der Waals surface area contributed by atoms with Crippen molar-refractivity contribution < 1.29 is 4.79 Å². The van der Waals surface area contributed by atoms with Gasteiger partial charge < -0.3 is 5.32 Å². The molecule has 1 aromatic carbocycles. The molecule has 0 unspecified atom stereocenters. The third kappa shape index (κ3) is 3.54. The van der Waals surface area contributed by atoms with E-state index in [0.29, 0.717) is 10.7 Å². The number of carbonyl (C=O) groups is 1. The van der Waals surface area contributed by atoms with Gasteiger partial charge in [0.25, 0.3) is 0 Å². The zero-order chi connectivity index (χ0) is 20.0. The number of para-hydroxylation sites is 1. The van der Waals surface area contributed by atoms with Gasteiger partial charge in [-0.05, 0) is 75.3 Å². The Hall–Kier alpha value is -2.34. The fourth-order valence-corrected chi connectivity index (χ4v) is 6.41. The number of carbonyl (C=O) groups excluding carboxylic acids is 1. The zero-order valence-electron chi connectivity index (χ0n) is 16.6. The lowest BCUT2D eigenvalue weighted by atomic mass is 9.53. The van der Waals surface area contributed by atoms with Crippen LogP contribution in [0, 0.1) is 24.7 Å². The highest BCUT2D eigenvalue weighted by Crippen LogP contribution is 2.55. The molecule has 29 heavy (non-hydrogen) atoms.